The van der Waals surface area contributed by atoms with Crippen LogP contribution in [-0.2, 0) is 0 Å². The Balaban J connectivity index is 2.18. The van der Waals surface area contributed by atoms with Crippen molar-refractivity contribution in [2.45, 2.75) is 19.3 Å². The maximum absolute atomic E-state index is 9.24. The number of rotatable bonds is 1. The van der Waals surface area contributed by atoms with Crippen LogP contribution in [-0.4, -0.2) is 23.2 Å². The lowest BCUT2D eigenvalue weighted by Crippen LogP contribution is -2.30. The van der Waals surface area contributed by atoms with Gasteiger partial charge in [-0.2, -0.15) is 0 Å². The highest BCUT2D eigenvalue weighted by atomic mass is 16.3. The second kappa shape index (κ2) is 3.74. The average molecular weight is 193 g/mol. The van der Waals surface area contributed by atoms with Gasteiger partial charge in [-0.1, -0.05) is 0 Å². The molecule has 0 saturated carbocycles. The predicted octanol–water partition coefficient (Wildman–Crippen LogP) is 1.36. The standard InChI is InChI=1S/C10H15N3O/c11-8-6-10(12-7-9(8)14)13-4-2-1-3-5-13/h6-7,14H,1-5H2,(H2,11,12). The van der Waals surface area contributed by atoms with Crippen molar-refractivity contribution >= 4 is 11.5 Å². The number of aromatic hydroxyl groups is 1. The van der Waals surface area contributed by atoms with Gasteiger partial charge in [0.2, 0.25) is 0 Å². The number of anilines is 2. The van der Waals surface area contributed by atoms with E-state index in [1.54, 1.807) is 6.07 Å². The highest BCUT2D eigenvalue weighted by Crippen LogP contribution is 2.24. The van der Waals surface area contributed by atoms with Gasteiger partial charge in [0.15, 0.2) is 5.75 Å². The van der Waals surface area contributed by atoms with E-state index < -0.39 is 0 Å². The molecule has 1 aliphatic heterocycles. The maximum Gasteiger partial charge on any atom is 0.157 e. The summed E-state index contributed by atoms with van der Waals surface area (Å²) in [5.41, 5.74) is 6.01. The van der Waals surface area contributed by atoms with Gasteiger partial charge in [-0.25, -0.2) is 4.98 Å². The normalized spacial score (nSPS) is 17.0. The maximum atomic E-state index is 9.24. The lowest BCUT2D eigenvalue weighted by Gasteiger charge is -2.27. The van der Waals surface area contributed by atoms with E-state index in [2.05, 4.69) is 9.88 Å². The van der Waals surface area contributed by atoms with E-state index in [9.17, 15) is 5.11 Å². The molecule has 1 fully saturated rings. The fraction of sp³-hybridized carbons (Fsp3) is 0.500. The van der Waals surface area contributed by atoms with Gasteiger partial charge in [-0.15, -0.1) is 0 Å². The quantitative estimate of drug-likeness (QED) is 0.707. The second-order valence-electron chi connectivity index (χ2n) is 3.65. The number of nitrogens with zero attached hydrogens (tertiary/aromatic N) is 2. The first-order valence-electron chi connectivity index (χ1n) is 4.97. The van der Waals surface area contributed by atoms with Gasteiger partial charge in [-0.05, 0) is 19.3 Å². The number of pyridine rings is 1. The van der Waals surface area contributed by atoms with Crippen LogP contribution in [0.1, 0.15) is 19.3 Å². The molecule has 0 aromatic carbocycles. The molecule has 0 bridgehead atoms. The summed E-state index contributed by atoms with van der Waals surface area (Å²) < 4.78 is 0. The fourth-order valence-electron chi connectivity index (χ4n) is 1.75. The molecular weight excluding hydrogens is 178 g/mol. The van der Waals surface area contributed by atoms with Crippen molar-refractivity contribution in [3.8, 4) is 5.75 Å². The van der Waals surface area contributed by atoms with E-state index in [0.717, 1.165) is 18.9 Å². The van der Waals surface area contributed by atoms with Gasteiger partial charge < -0.3 is 15.7 Å². The Morgan fingerprint density at radius 3 is 2.64 bits per heavy atom. The minimum absolute atomic E-state index is 0.0609. The van der Waals surface area contributed by atoms with Gasteiger partial charge in [0.05, 0.1) is 11.9 Å². The lowest BCUT2D eigenvalue weighted by molar-refractivity contribution is 0.475. The summed E-state index contributed by atoms with van der Waals surface area (Å²) in [7, 11) is 0. The molecule has 4 heteroatoms. The van der Waals surface area contributed by atoms with E-state index in [4.69, 9.17) is 5.73 Å². The fourth-order valence-corrected chi connectivity index (χ4v) is 1.75. The summed E-state index contributed by atoms with van der Waals surface area (Å²) in [6.07, 6.45) is 5.13. The van der Waals surface area contributed by atoms with Crippen LogP contribution < -0.4 is 10.6 Å². The molecule has 4 nitrogen and oxygen atoms in total. The third-order valence-electron chi connectivity index (χ3n) is 2.58. The number of aromatic nitrogens is 1. The number of nitrogen functional groups attached to an aromatic ring is 1. The summed E-state index contributed by atoms with van der Waals surface area (Å²) in [6, 6.07) is 1.74. The second-order valence-corrected chi connectivity index (χ2v) is 3.65. The Labute approximate surface area is 83.4 Å². The first kappa shape index (κ1) is 9.12. The van der Waals surface area contributed by atoms with Crippen LogP contribution in [0.2, 0.25) is 0 Å². The molecule has 1 aliphatic rings. The highest BCUT2D eigenvalue weighted by molar-refractivity contribution is 5.58. The van der Waals surface area contributed by atoms with Crippen molar-refractivity contribution < 1.29 is 5.11 Å². The molecule has 14 heavy (non-hydrogen) atoms. The number of nitrogens with two attached hydrogens (primary N) is 1. The zero-order valence-corrected chi connectivity index (χ0v) is 8.11. The van der Waals surface area contributed by atoms with Crippen LogP contribution in [0.5, 0.6) is 5.75 Å². The number of piperidine rings is 1. The van der Waals surface area contributed by atoms with E-state index in [-0.39, 0.29) is 5.75 Å². The minimum atomic E-state index is 0.0609. The topological polar surface area (TPSA) is 62.4 Å². The molecule has 3 N–H and O–H groups in total. The molecule has 0 unspecified atom stereocenters. The molecule has 1 aromatic rings. The Bertz CT molecular complexity index is 321. The smallest absolute Gasteiger partial charge is 0.157 e. The summed E-state index contributed by atoms with van der Waals surface area (Å²) >= 11 is 0. The van der Waals surface area contributed by atoms with Crippen molar-refractivity contribution in [3.63, 3.8) is 0 Å². The van der Waals surface area contributed by atoms with Gasteiger partial charge in [0.25, 0.3) is 0 Å². The van der Waals surface area contributed by atoms with Crippen molar-refractivity contribution in [2.75, 3.05) is 23.7 Å². The van der Waals surface area contributed by atoms with E-state index >= 15 is 0 Å². The molecule has 0 atom stereocenters. The summed E-state index contributed by atoms with van der Waals surface area (Å²) in [5, 5.41) is 9.24. The minimum Gasteiger partial charge on any atom is -0.504 e. The van der Waals surface area contributed by atoms with Crippen molar-refractivity contribution in [1.82, 2.24) is 4.98 Å². The SMILES string of the molecule is Nc1cc(N2CCCCC2)ncc1O. The zero-order chi connectivity index (χ0) is 9.97. The van der Waals surface area contributed by atoms with Crippen LogP contribution >= 0.6 is 0 Å². The van der Waals surface area contributed by atoms with Crippen LogP contribution in [0.15, 0.2) is 12.3 Å². The van der Waals surface area contributed by atoms with E-state index in [1.165, 1.54) is 25.5 Å². The summed E-state index contributed by atoms with van der Waals surface area (Å²) in [6.45, 7) is 2.08. The average Bonchev–Trinajstić information content (AvgIpc) is 2.23. The molecular formula is C10H15N3O. The van der Waals surface area contributed by atoms with Gasteiger partial charge >= 0.3 is 0 Å². The van der Waals surface area contributed by atoms with Crippen LogP contribution in [0.25, 0.3) is 0 Å². The van der Waals surface area contributed by atoms with Crippen molar-refractivity contribution in [1.29, 1.82) is 0 Å². The molecule has 0 aliphatic carbocycles. The Hall–Kier alpha value is -1.45. The lowest BCUT2D eigenvalue weighted by atomic mass is 10.1. The largest absolute Gasteiger partial charge is 0.504 e. The number of hydrogen-bond donors (Lipinski definition) is 2. The molecule has 1 aromatic heterocycles. The predicted molar refractivity (Wildman–Crippen MR) is 56.4 cm³/mol. The first-order valence-corrected chi connectivity index (χ1v) is 4.97. The third kappa shape index (κ3) is 1.73. The Morgan fingerprint density at radius 2 is 2.00 bits per heavy atom. The zero-order valence-electron chi connectivity index (χ0n) is 8.11. The summed E-state index contributed by atoms with van der Waals surface area (Å²) in [4.78, 5) is 6.37. The van der Waals surface area contributed by atoms with Gasteiger partial charge in [0.1, 0.15) is 5.82 Å². The molecule has 0 spiro atoms. The number of hydrogen-bond acceptors (Lipinski definition) is 4. The Kier molecular flexibility index (Phi) is 2.43. The molecule has 0 amide bonds. The Morgan fingerprint density at radius 1 is 1.29 bits per heavy atom. The molecule has 76 valence electrons. The summed E-state index contributed by atoms with van der Waals surface area (Å²) in [5.74, 6) is 0.936. The van der Waals surface area contributed by atoms with Gasteiger partial charge in [0, 0.05) is 19.2 Å². The van der Waals surface area contributed by atoms with E-state index in [0.29, 0.717) is 5.69 Å². The molecule has 0 radical (unpaired) electrons. The van der Waals surface area contributed by atoms with Gasteiger partial charge in [-0.3, -0.25) is 0 Å². The van der Waals surface area contributed by atoms with Crippen molar-refractivity contribution in [2.24, 2.45) is 0 Å². The molecule has 2 rings (SSSR count). The van der Waals surface area contributed by atoms with Crippen LogP contribution in [0, 0.1) is 0 Å². The third-order valence-corrected chi connectivity index (χ3v) is 2.58. The molecule has 2 heterocycles. The van der Waals surface area contributed by atoms with E-state index in [1.807, 2.05) is 0 Å². The monoisotopic (exact) mass is 193 g/mol. The molecule has 1 saturated heterocycles. The van der Waals surface area contributed by atoms with Crippen LogP contribution in [0.4, 0.5) is 11.5 Å². The van der Waals surface area contributed by atoms with Crippen molar-refractivity contribution in [3.05, 3.63) is 12.3 Å². The first-order chi connectivity index (χ1) is 6.77. The highest BCUT2D eigenvalue weighted by Gasteiger charge is 2.12. The van der Waals surface area contributed by atoms with Crippen LogP contribution in [0.3, 0.4) is 0 Å².